The van der Waals surface area contributed by atoms with E-state index >= 15 is 0 Å². The number of nitrogens with zero attached hydrogens (tertiary/aromatic N) is 4. The van der Waals surface area contributed by atoms with Gasteiger partial charge in [-0.25, -0.2) is 4.98 Å². The number of nitrogens with two attached hydrogens (primary N) is 2. The highest BCUT2D eigenvalue weighted by molar-refractivity contribution is 5.68. The standard InChI is InChI=1S/C21H30N8O/c1-24-13-25-29(2)15-7-5-6-14(12-15)26-21-16(20(23)30)10-11-19(28-21)27-18-9-4-3-8-17(18)22/h5-7,10-13,17-18,20,30H,1,3-4,8-9,22-23H2,2H3,(H2,26,27,28)/b25-13-/t17-,18+,20?/m0/s1. The summed E-state index contributed by atoms with van der Waals surface area (Å²) < 4.78 is 0. The van der Waals surface area contributed by atoms with Crippen molar-refractivity contribution in [3.8, 4) is 0 Å². The van der Waals surface area contributed by atoms with Crippen LogP contribution in [0.4, 0.5) is 23.0 Å². The number of benzene rings is 1. The minimum atomic E-state index is -1.15. The third kappa shape index (κ3) is 5.53. The molecule has 1 aromatic heterocycles. The first kappa shape index (κ1) is 21.7. The topological polar surface area (TPSA) is 137 Å². The molecule has 0 aliphatic heterocycles. The quantitative estimate of drug-likeness (QED) is 0.195. The fourth-order valence-electron chi connectivity index (χ4n) is 3.52. The minimum Gasteiger partial charge on any atom is -0.374 e. The van der Waals surface area contributed by atoms with E-state index in [9.17, 15) is 5.11 Å². The molecule has 1 aliphatic rings. The molecule has 160 valence electrons. The lowest BCUT2D eigenvalue weighted by Crippen LogP contribution is -2.42. The Balaban J connectivity index is 1.83. The van der Waals surface area contributed by atoms with E-state index in [2.05, 4.69) is 32.4 Å². The van der Waals surface area contributed by atoms with Crippen LogP contribution in [0.2, 0.25) is 0 Å². The molecule has 1 fully saturated rings. The van der Waals surface area contributed by atoms with Gasteiger partial charge in [0.1, 0.15) is 24.2 Å². The summed E-state index contributed by atoms with van der Waals surface area (Å²) in [7, 11) is 1.81. The Morgan fingerprint density at radius 2 is 2.10 bits per heavy atom. The van der Waals surface area contributed by atoms with E-state index in [0.29, 0.717) is 17.2 Å². The van der Waals surface area contributed by atoms with Crippen molar-refractivity contribution in [2.75, 3.05) is 22.7 Å². The first-order valence-corrected chi connectivity index (χ1v) is 10.0. The average molecular weight is 411 g/mol. The first-order chi connectivity index (χ1) is 14.5. The molecule has 2 aromatic rings. The number of aliphatic hydroxyl groups is 1. The van der Waals surface area contributed by atoms with Gasteiger partial charge < -0.3 is 27.2 Å². The molecule has 9 nitrogen and oxygen atoms in total. The Labute approximate surface area is 176 Å². The second kappa shape index (κ2) is 10.1. The van der Waals surface area contributed by atoms with E-state index in [4.69, 9.17) is 11.5 Å². The molecular weight excluding hydrogens is 380 g/mol. The van der Waals surface area contributed by atoms with Gasteiger partial charge in [-0.1, -0.05) is 18.9 Å². The van der Waals surface area contributed by atoms with Gasteiger partial charge >= 0.3 is 0 Å². The van der Waals surface area contributed by atoms with Gasteiger partial charge in [-0.2, -0.15) is 5.10 Å². The van der Waals surface area contributed by atoms with Crippen molar-refractivity contribution in [2.24, 2.45) is 21.6 Å². The molecule has 3 atom stereocenters. The third-order valence-electron chi connectivity index (χ3n) is 5.19. The Hall–Kier alpha value is -3.01. The number of hydrazone groups is 1. The zero-order valence-corrected chi connectivity index (χ0v) is 17.2. The maximum Gasteiger partial charge on any atom is 0.140 e. The summed E-state index contributed by atoms with van der Waals surface area (Å²) in [5.41, 5.74) is 14.1. The van der Waals surface area contributed by atoms with Gasteiger partial charge in [0.2, 0.25) is 0 Å². The van der Waals surface area contributed by atoms with Crippen LogP contribution in [0.1, 0.15) is 37.5 Å². The molecule has 7 N–H and O–H groups in total. The largest absolute Gasteiger partial charge is 0.374 e. The number of hydrogen-bond donors (Lipinski definition) is 5. The molecule has 1 unspecified atom stereocenters. The van der Waals surface area contributed by atoms with E-state index in [-0.39, 0.29) is 12.1 Å². The SMILES string of the molecule is C=N/C=N\N(C)c1cccc(Nc2nc(N[C@@H]3CCCC[C@@H]3N)ccc2C(N)O)c1. The highest BCUT2D eigenvalue weighted by Gasteiger charge is 2.22. The van der Waals surface area contributed by atoms with Crippen molar-refractivity contribution in [2.45, 2.75) is 44.0 Å². The van der Waals surface area contributed by atoms with Crippen molar-refractivity contribution in [1.29, 1.82) is 0 Å². The van der Waals surface area contributed by atoms with Crippen LogP contribution < -0.4 is 27.1 Å². The molecule has 1 heterocycles. The third-order valence-corrected chi connectivity index (χ3v) is 5.19. The van der Waals surface area contributed by atoms with Crippen LogP contribution in [0.15, 0.2) is 46.5 Å². The molecular formula is C21H30N8O. The first-order valence-electron chi connectivity index (χ1n) is 10.0. The molecule has 0 bridgehead atoms. The van der Waals surface area contributed by atoms with Crippen LogP contribution in [0, 0.1) is 0 Å². The number of hydrogen-bond acceptors (Lipinski definition) is 8. The van der Waals surface area contributed by atoms with Gasteiger partial charge in [0.05, 0.1) is 5.69 Å². The molecule has 0 saturated heterocycles. The Morgan fingerprint density at radius 3 is 2.83 bits per heavy atom. The summed E-state index contributed by atoms with van der Waals surface area (Å²) in [5.74, 6) is 1.18. The van der Waals surface area contributed by atoms with E-state index in [1.54, 1.807) is 11.1 Å². The van der Waals surface area contributed by atoms with E-state index in [1.165, 1.54) is 6.34 Å². The highest BCUT2D eigenvalue weighted by atomic mass is 16.3. The average Bonchev–Trinajstić information content (AvgIpc) is 2.74. The lowest BCUT2D eigenvalue weighted by atomic mass is 9.91. The fraction of sp³-hybridized carbons (Fsp3) is 0.381. The number of anilines is 4. The summed E-state index contributed by atoms with van der Waals surface area (Å²) in [4.78, 5) is 8.28. The van der Waals surface area contributed by atoms with Gasteiger partial charge in [0.25, 0.3) is 0 Å². The monoisotopic (exact) mass is 410 g/mol. The molecule has 30 heavy (non-hydrogen) atoms. The Bertz CT molecular complexity index is 885. The van der Waals surface area contributed by atoms with Crippen LogP contribution in [0.5, 0.6) is 0 Å². The fourth-order valence-corrected chi connectivity index (χ4v) is 3.52. The highest BCUT2D eigenvalue weighted by Crippen LogP contribution is 2.28. The minimum absolute atomic E-state index is 0.106. The summed E-state index contributed by atoms with van der Waals surface area (Å²) in [5, 5.41) is 22.5. The maximum atomic E-state index is 9.99. The van der Waals surface area contributed by atoms with Gasteiger partial charge in [-0.3, -0.25) is 10.0 Å². The summed E-state index contributed by atoms with van der Waals surface area (Å²) in [6, 6.07) is 11.5. The number of aromatic nitrogens is 1. The number of aliphatic hydroxyl groups excluding tert-OH is 1. The zero-order valence-electron chi connectivity index (χ0n) is 17.2. The van der Waals surface area contributed by atoms with Crippen molar-refractivity contribution in [3.63, 3.8) is 0 Å². The van der Waals surface area contributed by atoms with Gasteiger partial charge in [-0.15, -0.1) is 0 Å². The molecule has 1 aromatic carbocycles. The summed E-state index contributed by atoms with van der Waals surface area (Å²) >= 11 is 0. The van der Waals surface area contributed by atoms with Crippen LogP contribution in [0.25, 0.3) is 0 Å². The van der Waals surface area contributed by atoms with Crippen molar-refractivity contribution in [3.05, 3.63) is 42.0 Å². The Morgan fingerprint density at radius 1 is 1.30 bits per heavy atom. The maximum absolute atomic E-state index is 9.99. The van der Waals surface area contributed by atoms with E-state index in [0.717, 1.165) is 37.1 Å². The van der Waals surface area contributed by atoms with Crippen LogP contribution in [-0.4, -0.2) is 42.3 Å². The predicted octanol–water partition coefficient (Wildman–Crippen LogP) is 2.54. The zero-order chi connectivity index (χ0) is 21.5. The lowest BCUT2D eigenvalue weighted by Gasteiger charge is -2.30. The summed E-state index contributed by atoms with van der Waals surface area (Å²) in [6.07, 6.45) is 4.56. The lowest BCUT2D eigenvalue weighted by molar-refractivity contribution is 0.186. The van der Waals surface area contributed by atoms with Crippen molar-refractivity contribution in [1.82, 2.24) is 4.98 Å². The molecule has 0 spiro atoms. The van der Waals surface area contributed by atoms with Crippen molar-refractivity contribution < 1.29 is 5.11 Å². The van der Waals surface area contributed by atoms with Gasteiger partial charge in [0, 0.05) is 30.4 Å². The van der Waals surface area contributed by atoms with Crippen LogP contribution in [0.3, 0.4) is 0 Å². The van der Waals surface area contributed by atoms with Crippen LogP contribution in [-0.2, 0) is 0 Å². The number of nitrogens with one attached hydrogen (secondary N) is 2. The normalized spacial score (nSPS) is 20.0. The number of aliphatic imine (C=N–C) groups is 1. The molecule has 0 amide bonds. The molecule has 1 saturated carbocycles. The predicted molar refractivity (Wildman–Crippen MR) is 123 cm³/mol. The van der Waals surface area contributed by atoms with Gasteiger partial charge in [-0.05, 0) is 49.9 Å². The number of rotatable bonds is 8. The van der Waals surface area contributed by atoms with E-state index in [1.807, 2.05) is 37.4 Å². The second-order valence-electron chi connectivity index (χ2n) is 7.39. The Kier molecular flexibility index (Phi) is 7.34. The molecule has 3 rings (SSSR count). The van der Waals surface area contributed by atoms with Crippen molar-refractivity contribution >= 4 is 36.1 Å². The van der Waals surface area contributed by atoms with Gasteiger partial charge in [0.15, 0.2) is 0 Å². The second-order valence-corrected chi connectivity index (χ2v) is 7.39. The summed E-state index contributed by atoms with van der Waals surface area (Å²) in [6.45, 7) is 3.38. The molecule has 1 aliphatic carbocycles. The smallest absolute Gasteiger partial charge is 0.140 e. The number of pyridine rings is 1. The molecule has 0 radical (unpaired) electrons. The van der Waals surface area contributed by atoms with Crippen LogP contribution >= 0.6 is 0 Å². The molecule has 9 heteroatoms. The van der Waals surface area contributed by atoms with E-state index < -0.39 is 6.23 Å².